The molecule has 1 aliphatic rings. The molecule has 1 N–H and O–H groups in total. The van der Waals surface area contributed by atoms with Crippen molar-refractivity contribution in [2.75, 3.05) is 16.8 Å². The van der Waals surface area contributed by atoms with E-state index < -0.39 is 23.4 Å². The normalized spacial score (nSPS) is 13.9. The van der Waals surface area contributed by atoms with E-state index in [2.05, 4.69) is 20.3 Å². The molecule has 0 radical (unpaired) electrons. The maximum Gasteiger partial charge on any atom is 0.416 e. The van der Waals surface area contributed by atoms with Crippen LogP contribution in [-0.4, -0.2) is 21.5 Å². The molecule has 10 heteroatoms. The highest BCUT2D eigenvalue weighted by Gasteiger charge is 2.30. The second-order valence-electron chi connectivity index (χ2n) is 6.48. The minimum Gasteiger partial charge on any atom is -0.348 e. The molecule has 3 heterocycles. The van der Waals surface area contributed by atoms with Crippen LogP contribution in [0.2, 0.25) is 0 Å². The van der Waals surface area contributed by atoms with Gasteiger partial charge in [-0.2, -0.15) is 13.2 Å². The molecule has 1 aromatic carbocycles. The van der Waals surface area contributed by atoms with Crippen molar-refractivity contribution in [2.24, 2.45) is 0 Å². The predicted octanol–water partition coefficient (Wildman–Crippen LogP) is 4.47. The largest absolute Gasteiger partial charge is 0.416 e. The minimum absolute atomic E-state index is 0.0351. The Labute approximate surface area is 162 Å². The Balaban J connectivity index is 1.55. The van der Waals surface area contributed by atoms with Crippen molar-refractivity contribution in [3.63, 3.8) is 0 Å². The number of benzene rings is 1. The van der Waals surface area contributed by atoms with Crippen LogP contribution in [0, 0.1) is 11.6 Å². The summed E-state index contributed by atoms with van der Waals surface area (Å²) in [6.45, 7) is 0.646. The van der Waals surface area contributed by atoms with E-state index in [1.165, 1.54) is 18.5 Å². The Morgan fingerprint density at radius 1 is 1.00 bits per heavy atom. The van der Waals surface area contributed by atoms with Gasteiger partial charge in [0.2, 0.25) is 0 Å². The fraction of sp³-hybridized carbons (Fsp3) is 0.211. The Morgan fingerprint density at radius 2 is 1.76 bits per heavy atom. The summed E-state index contributed by atoms with van der Waals surface area (Å²) < 4.78 is 65.2. The number of hydrogen-bond donors (Lipinski definition) is 1. The van der Waals surface area contributed by atoms with Crippen LogP contribution >= 0.6 is 0 Å². The minimum atomic E-state index is -4.40. The molecule has 0 fully saturated rings. The summed E-state index contributed by atoms with van der Waals surface area (Å²) in [5, 5.41) is 3.01. The van der Waals surface area contributed by atoms with Gasteiger partial charge in [0.25, 0.3) is 0 Å². The molecule has 150 valence electrons. The average Bonchev–Trinajstić information content (AvgIpc) is 2.67. The van der Waals surface area contributed by atoms with Crippen LogP contribution in [-0.2, 0) is 19.1 Å². The second kappa shape index (κ2) is 7.26. The number of nitrogens with zero attached hydrogens (tertiary/aromatic N) is 4. The highest BCUT2D eigenvalue weighted by Crippen LogP contribution is 2.32. The summed E-state index contributed by atoms with van der Waals surface area (Å²) in [4.78, 5) is 13.9. The molecule has 0 amide bonds. The number of halogens is 5. The van der Waals surface area contributed by atoms with E-state index in [0.717, 1.165) is 30.0 Å². The van der Waals surface area contributed by atoms with Gasteiger partial charge >= 0.3 is 6.18 Å². The zero-order chi connectivity index (χ0) is 20.6. The van der Waals surface area contributed by atoms with Crippen LogP contribution in [0.5, 0.6) is 0 Å². The molecule has 0 spiro atoms. The van der Waals surface area contributed by atoms with E-state index in [1.807, 2.05) is 0 Å². The first kappa shape index (κ1) is 19.0. The number of fused-ring (bicyclic) bond motifs is 1. The van der Waals surface area contributed by atoms with Crippen molar-refractivity contribution in [3.05, 3.63) is 71.3 Å². The summed E-state index contributed by atoms with van der Waals surface area (Å²) in [6, 6.07) is 5.39. The predicted molar refractivity (Wildman–Crippen MR) is 95.7 cm³/mol. The molecule has 4 rings (SSSR count). The summed E-state index contributed by atoms with van der Waals surface area (Å²) in [5.41, 5.74) is 1.13. The summed E-state index contributed by atoms with van der Waals surface area (Å²) in [7, 11) is 0. The topological polar surface area (TPSA) is 53.9 Å². The molecule has 29 heavy (non-hydrogen) atoms. The maximum atomic E-state index is 14.0. The molecule has 3 aromatic rings. The first-order valence-corrected chi connectivity index (χ1v) is 8.64. The lowest BCUT2D eigenvalue weighted by Gasteiger charge is -2.30. The van der Waals surface area contributed by atoms with Gasteiger partial charge in [0.1, 0.15) is 18.0 Å². The molecule has 0 atom stereocenters. The van der Waals surface area contributed by atoms with Gasteiger partial charge in [-0.1, -0.05) is 0 Å². The first-order valence-electron chi connectivity index (χ1n) is 8.64. The quantitative estimate of drug-likeness (QED) is 0.649. The van der Waals surface area contributed by atoms with Gasteiger partial charge in [-0.25, -0.2) is 23.7 Å². The van der Waals surface area contributed by atoms with E-state index >= 15 is 0 Å². The summed E-state index contributed by atoms with van der Waals surface area (Å²) >= 11 is 0. The molecular weight excluding hydrogens is 393 g/mol. The van der Waals surface area contributed by atoms with Gasteiger partial charge < -0.3 is 10.2 Å². The van der Waals surface area contributed by atoms with Gasteiger partial charge in [-0.3, -0.25) is 0 Å². The highest BCUT2D eigenvalue weighted by atomic mass is 19.4. The maximum absolute atomic E-state index is 14.0. The third-order valence-corrected chi connectivity index (χ3v) is 4.57. The Kier molecular flexibility index (Phi) is 4.77. The second-order valence-corrected chi connectivity index (χ2v) is 6.48. The Bertz CT molecular complexity index is 1040. The smallest absolute Gasteiger partial charge is 0.348 e. The number of hydrogen-bond acceptors (Lipinski definition) is 5. The molecule has 1 aliphatic heterocycles. The number of rotatable bonds is 3. The molecule has 0 saturated heterocycles. The number of nitrogens with one attached hydrogen (secondary N) is 1. The van der Waals surface area contributed by atoms with Crippen molar-refractivity contribution in [1.29, 1.82) is 0 Å². The lowest BCUT2D eigenvalue weighted by atomic mass is 10.1. The van der Waals surface area contributed by atoms with E-state index in [1.54, 1.807) is 4.90 Å². The van der Waals surface area contributed by atoms with Crippen molar-refractivity contribution in [2.45, 2.75) is 19.1 Å². The molecule has 0 bridgehead atoms. The van der Waals surface area contributed by atoms with Gasteiger partial charge in [-0.15, -0.1) is 0 Å². The average molecular weight is 407 g/mol. The Hall–Kier alpha value is -3.30. The van der Waals surface area contributed by atoms with Crippen LogP contribution in [0.15, 0.2) is 42.9 Å². The van der Waals surface area contributed by atoms with E-state index in [-0.39, 0.29) is 12.4 Å². The molecule has 0 saturated carbocycles. The van der Waals surface area contributed by atoms with Gasteiger partial charge in [0, 0.05) is 23.9 Å². The van der Waals surface area contributed by atoms with Crippen molar-refractivity contribution in [1.82, 2.24) is 15.0 Å². The monoisotopic (exact) mass is 407 g/mol. The molecule has 5 nitrogen and oxygen atoms in total. The van der Waals surface area contributed by atoms with Crippen LogP contribution in [0.4, 0.5) is 39.3 Å². The Morgan fingerprint density at radius 3 is 2.45 bits per heavy atom. The molecule has 0 aliphatic carbocycles. The summed E-state index contributed by atoms with van der Waals surface area (Å²) in [6.07, 6.45) is -1.67. The number of pyridine rings is 1. The number of anilines is 3. The molecular formula is C19H14F5N5. The van der Waals surface area contributed by atoms with Crippen molar-refractivity contribution in [3.8, 4) is 0 Å². The zero-order valence-electron chi connectivity index (χ0n) is 14.8. The van der Waals surface area contributed by atoms with Crippen LogP contribution in [0.1, 0.15) is 16.8 Å². The first-order chi connectivity index (χ1) is 13.8. The number of aromatic nitrogens is 3. The fourth-order valence-corrected chi connectivity index (χ4v) is 3.16. The third kappa shape index (κ3) is 3.96. The molecule has 0 unspecified atom stereocenters. The van der Waals surface area contributed by atoms with Crippen molar-refractivity contribution < 1.29 is 22.0 Å². The molecule has 2 aromatic heterocycles. The third-order valence-electron chi connectivity index (χ3n) is 4.57. The van der Waals surface area contributed by atoms with Gasteiger partial charge in [-0.05, 0) is 30.7 Å². The van der Waals surface area contributed by atoms with E-state index in [0.29, 0.717) is 30.2 Å². The van der Waals surface area contributed by atoms with E-state index in [9.17, 15) is 22.0 Å². The van der Waals surface area contributed by atoms with Crippen LogP contribution in [0.3, 0.4) is 0 Å². The lowest BCUT2D eigenvalue weighted by Crippen LogP contribution is -2.33. The zero-order valence-corrected chi connectivity index (χ0v) is 14.8. The van der Waals surface area contributed by atoms with Crippen LogP contribution < -0.4 is 10.2 Å². The standard InChI is InChI=1S/C19H14F5N5/c20-12-7-15(21)18(25-8-12)29-6-5-14-16(9-29)26-10-27-17(14)28-13-3-1-11(2-4-13)19(22,23)24/h1-4,7-8,10H,5-6,9H2,(H,26,27,28). The lowest BCUT2D eigenvalue weighted by molar-refractivity contribution is -0.137. The SMILES string of the molecule is Fc1cnc(N2CCc3c(ncnc3Nc3ccc(C(F)(F)F)cc3)C2)c(F)c1. The number of alkyl halides is 3. The summed E-state index contributed by atoms with van der Waals surface area (Å²) in [5.74, 6) is -1.01. The van der Waals surface area contributed by atoms with E-state index in [4.69, 9.17) is 0 Å². The van der Waals surface area contributed by atoms with Crippen molar-refractivity contribution >= 4 is 17.3 Å². The van der Waals surface area contributed by atoms with Gasteiger partial charge in [0.05, 0.1) is 24.0 Å². The van der Waals surface area contributed by atoms with Crippen LogP contribution in [0.25, 0.3) is 0 Å². The fourth-order valence-electron chi connectivity index (χ4n) is 3.16. The van der Waals surface area contributed by atoms with Gasteiger partial charge in [0.15, 0.2) is 11.6 Å². The highest BCUT2D eigenvalue weighted by molar-refractivity contribution is 5.61.